The lowest BCUT2D eigenvalue weighted by atomic mass is 9.69. The molecule has 0 saturated heterocycles. The second kappa shape index (κ2) is 7.98. The van der Waals surface area contributed by atoms with Crippen molar-refractivity contribution in [1.29, 1.82) is 0 Å². The lowest BCUT2D eigenvalue weighted by Crippen LogP contribution is -2.43. The molecule has 1 unspecified atom stereocenters. The van der Waals surface area contributed by atoms with Gasteiger partial charge in [0, 0.05) is 35.7 Å². The number of carbonyl (C=O) groups is 2. The highest BCUT2D eigenvalue weighted by molar-refractivity contribution is 6.08. The van der Waals surface area contributed by atoms with Crippen molar-refractivity contribution in [2.24, 2.45) is 5.41 Å². The number of fused-ring (bicyclic) bond motifs is 1. The molecule has 33 heavy (non-hydrogen) atoms. The van der Waals surface area contributed by atoms with Gasteiger partial charge in [-0.1, -0.05) is 82.3 Å². The molecule has 1 amide bonds. The molecule has 168 valence electrons. The predicted octanol–water partition coefficient (Wildman–Crippen LogP) is 7.13. The second-order valence-electron chi connectivity index (χ2n) is 10.6. The highest BCUT2D eigenvalue weighted by atomic mass is 16.2. The van der Waals surface area contributed by atoms with Crippen LogP contribution >= 0.6 is 0 Å². The van der Waals surface area contributed by atoms with Crippen molar-refractivity contribution in [3.63, 3.8) is 0 Å². The molecule has 0 bridgehead atoms. The molecule has 5 rings (SSSR count). The van der Waals surface area contributed by atoms with Crippen LogP contribution in [-0.2, 0) is 9.59 Å². The summed E-state index contributed by atoms with van der Waals surface area (Å²) in [5, 5.41) is 2.24. The Hall–Kier alpha value is -3.20. The van der Waals surface area contributed by atoms with Crippen LogP contribution in [0, 0.1) is 5.41 Å². The molecule has 1 heterocycles. The number of hydrogen-bond donors (Lipinski definition) is 0. The molecule has 3 heteroatoms. The summed E-state index contributed by atoms with van der Waals surface area (Å²) in [4.78, 5) is 29.0. The standard InChI is InChI=1S/C30H31NO2/c1-19(2)20-9-11-22(12-10-20)25-16-28(33)31(26-17-30(3,4)18-27(32)29(25)26)24-14-13-21-7-5-6-8-23(21)15-24/h5-15,19,25H,16-18H2,1-4H3. The Morgan fingerprint density at radius 2 is 1.58 bits per heavy atom. The molecule has 2 aliphatic rings. The summed E-state index contributed by atoms with van der Waals surface area (Å²) in [7, 11) is 0. The summed E-state index contributed by atoms with van der Waals surface area (Å²) in [6.07, 6.45) is 1.55. The predicted molar refractivity (Wildman–Crippen MR) is 134 cm³/mol. The van der Waals surface area contributed by atoms with Crippen molar-refractivity contribution in [3.8, 4) is 0 Å². The monoisotopic (exact) mass is 437 g/mol. The van der Waals surface area contributed by atoms with Gasteiger partial charge in [0.1, 0.15) is 0 Å². The van der Waals surface area contributed by atoms with Crippen molar-refractivity contribution in [3.05, 3.63) is 89.1 Å². The summed E-state index contributed by atoms with van der Waals surface area (Å²) < 4.78 is 0. The zero-order valence-corrected chi connectivity index (χ0v) is 19.9. The Morgan fingerprint density at radius 1 is 0.879 bits per heavy atom. The third-order valence-corrected chi connectivity index (χ3v) is 7.14. The fraction of sp³-hybridized carbons (Fsp3) is 0.333. The number of ketones is 1. The molecule has 3 aromatic carbocycles. The van der Waals surface area contributed by atoms with Crippen LogP contribution in [0.3, 0.4) is 0 Å². The maximum Gasteiger partial charge on any atom is 0.232 e. The van der Waals surface area contributed by atoms with E-state index in [9.17, 15) is 9.59 Å². The number of rotatable bonds is 3. The first-order valence-corrected chi connectivity index (χ1v) is 11.9. The van der Waals surface area contributed by atoms with Crippen LogP contribution in [-0.4, -0.2) is 11.7 Å². The van der Waals surface area contributed by atoms with Crippen molar-refractivity contribution in [2.45, 2.75) is 58.8 Å². The van der Waals surface area contributed by atoms with Gasteiger partial charge in [-0.05, 0) is 51.8 Å². The van der Waals surface area contributed by atoms with E-state index in [2.05, 4.69) is 76.2 Å². The van der Waals surface area contributed by atoms with Crippen LogP contribution in [0.5, 0.6) is 0 Å². The van der Waals surface area contributed by atoms with E-state index in [1.54, 1.807) is 0 Å². The molecule has 0 N–H and O–H groups in total. The van der Waals surface area contributed by atoms with Gasteiger partial charge in [-0.2, -0.15) is 0 Å². The lowest BCUT2D eigenvalue weighted by Gasteiger charge is -2.43. The fourth-order valence-corrected chi connectivity index (χ4v) is 5.43. The third kappa shape index (κ3) is 3.90. The Bertz CT molecular complexity index is 1280. The smallest absolute Gasteiger partial charge is 0.232 e. The van der Waals surface area contributed by atoms with Gasteiger partial charge in [0.25, 0.3) is 0 Å². The van der Waals surface area contributed by atoms with Crippen LogP contribution < -0.4 is 4.90 Å². The van der Waals surface area contributed by atoms with Crippen LogP contribution in [0.25, 0.3) is 10.8 Å². The number of Topliss-reactive ketones (excluding diaryl/α,β-unsaturated/α-hetero) is 1. The van der Waals surface area contributed by atoms with E-state index in [0.29, 0.717) is 25.2 Å². The van der Waals surface area contributed by atoms with E-state index in [4.69, 9.17) is 0 Å². The van der Waals surface area contributed by atoms with Gasteiger partial charge in [-0.25, -0.2) is 0 Å². The average molecular weight is 438 g/mol. The number of carbonyl (C=O) groups excluding carboxylic acids is 2. The number of hydrogen-bond acceptors (Lipinski definition) is 2. The number of benzene rings is 3. The van der Waals surface area contributed by atoms with Gasteiger partial charge < -0.3 is 0 Å². The Morgan fingerprint density at radius 3 is 2.27 bits per heavy atom. The van der Waals surface area contributed by atoms with Crippen LogP contribution in [0.15, 0.2) is 78.0 Å². The minimum absolute atomic E-state index is 0.0625. The number of nitrogens with zero attached hydrogens (tertiary/aromatic N) is 1. The van der Waals surface area contributed by atoms with Gasteiger partial charge in [0.15, 0.2) is 5.78 Å². The summed E-state index contributed by atoms with van der Waals surface area (Å²) in [5.74, 6) is 0.515. The normalized spacial score (nSPS) is 20.5. The van der Waals surface area contributed by atoms with Crippen LogP contribution in [0.2, 0.25) is 0 Å². The van der Waals surface area contributed by atoms with E-state index >= 15 is 0 Å². The Balaban J connectivity index is 1.65. The van der Waals surface area contributed by atoms with Gasteiger partial charge in [0.05, 0.1) is 0 Å². The van der Waals surface area contributed by atoms with Crippen molar-refractivity contribution < 1.29 is 9.59 Å². The van der Waals surface area contributed by atoms with Crippen molar-refractivity contribution in [1.82, 2.24) is 0 Å². The van der Waals surface area contributed by atoms with Gasteiger partial charge in [-0.3, -0.25) is 14.5 Å². The summed E-state index contributed by atoms with van der Waals surface area (Å²) >= 11 is 0. The number of amides is 1. The topological polar surface area (TPSA) is 37.4 Å². The molecule has 3 nitrogen and oxygen atoms in total. The first kappa shape index (κ1) is 21.6. The number of allylic oxidation sites excluding steroid dienone is 2. The zero-order valence-electron chi connectivity index (χ0n) is 19.9. The summed E-state index contributed by atoms with van der Waals surface area (Å²) in [6.45, 7) is 8.60. The first-order valence-electron chi connectivity index (χ1n) is 11.9. The van der Waals surface area contributed by atoms with E-state index < -0.39 is 0 Å². The van der Waals surface area contributed by atoms with Gasteiger partial charge >= 0.3 is 0 Å². The number of anilines is 1. The maximum absolute atomic E-state index is 13.6. The third-order valence-electron chi connectivity index (χ3n) is 7.14. The SMILES string of the molecule is CC(C)c1ccc(C2CC(=O)N(c3ccc4ccccc4c3)C3=C2C(=O)CC(C)(C)C3)cc1. The molecule has 1 atom stereocenters. The molecule has 0 fully saturated rings. The Labute approximate surface area is 196 Å². The van der Waals surface area contributed by atoms with Crippen molar-refractivity contribution in [2.75, 3.05) is 4.90 Å². The summed E-state index contributed by atoms with van der Waals surface area (Å²) in [5.41, 5.74) is 4.73. The first-order chi connectivity index (χ1) is 15.7. The molecule has 0 spiro atoms. The Kier molecular flexibility index (Phi) is 5.23. The molecule has 0 aromatic heterocycles. The highest BCUT2D eigenvalue weighted by Crippen LogP contribution is 2.48. The van der Waals surface area contributed by atoms with E-state index in [1.165, 1.54) is 5.56 Å². The summed E-state index contributed by atoms with van der Waals surface area (Å²) in [6, 6.07) is 22.8. The maximum atomic E-state index is 13.6. The molecule has 1 aliphatic carbocycles. The molecular formula is C30H31NO2. The quantitative estimate of drug-likeness (QED) is 0.437. The van der Waals surface area contributed by atoms with E-state index in [0.717, 1.165) is 33.3 Å². The lowest BCUT2D eigenvalue weighted by molar-refractivity contribution is -0.121. The fourth-order valence-electron chi connectivity index (χ4n) is 5.43. The zero-order chi connectivity index (χ0) is 23.3. The highest BCUT2D eigenvalue weighted by Gasteiger charge is 2.44. The van der Waals surface area contributed by atoms with Gasteiger partial charge in [0.2, 0.25) is 5.91 Å². The molecule has 0 saturated carbocycles. The van der Waals surface area contributed by atoms with Gasteiger partial charge in [-0.15, -0.1) is 0 Å². The molecular weight excluding hydrogens is 406 g/mol. The second-order valence-corrected chi connectivity index (χ2v) is 10.6. The van der Waals surface area contributed by atoms with E-state index in [1.807, 2.05) is 23.1 Å². The minimum Gasteiger partial charge on any atom is -0.294 e. The van der Waals surface area contributed by atoms with E-state index in [-0.39, 0.29) is 23.0 Å². The van der Waals surface area contributed by atoms with Crippen LogP contribution in [0.1, 0.15) is 69.9 Å². The van der Waals surface area contributed by atoms with Crippen molar-refractivity contribution >= 4 is 28.2 Å². The minimum atomic E-state index is -0.172. The average Bonchev–Trinajstić information content (AvgIpc) is 2.77. The molecule has 3 aromatic rings. The molecule has 0 radical (unpaired) electrons. The van der Waals surface area contributed by atoms with Crippen LogP contribution in [0.4, 0.5) is 5.69 Å². The molecule has 1 aliphatic heterocycles. The largest absolute Gasteiger partial charge is 0.294 e.